The number of hydrogen-bond acceptors (Lipinski definition) is 2. The van der Waals surface area contributed by atoms with E-state index in [-0.39, 0.29) is 0 Å². The first-order valence-electron chi connectivity index (χ1n) is 5.91. The molecule has 0 aromatic rings. The number of likely N-dealkylation sites (tertiary alicyclic amines) is 1. The first kappa shape index (κ1) is 12.0. The lowest BCUT2D eigenvalue weighted by Crippen LogP contribution is -2.40. The predicted molar refractivity (Wildman–Crippen MR) is 62.3 cm³/mol. The van der Waals surface area contributed by atoms with E-state index < -0.39 is 0 Å². The highest BCUT2D eigenvalue weighted by atomic mass is 15.2. The maximum atomic E-state index is 5.63. The van der Waals surface area contributed by atoms with E-state index in [4.69, 9.17) is 5.73 Å². The van der Waals surface area contributed by atoms with E-state index in [1.165, 1.54) is 25.9 Å². The van der Waals surface area contributed by atoms with Crippen LogP contribution in [0.25, 0.3) is 0 Å². The normalized spacial score (nSPS) is 27.4. The lowest BCUT2D eigenvalue weighted by Gasteiger charge is -2.32. The van der Waals surface area contributed by atoms with Crippen molar-refractivity contribution in [1.82, 2.24) is 4.90 Å². The molecule has 0 radical (unpaired) electrons. The highest BCUT2D eigenvalue weighted by Crippen LogP contribution is 2.34. The van der Waals surface area contributed by atoms with Crippen LogP contribution < -0.4 is 5.73 Å². The van der Waals surface area contributed by atoms with Crippen LogP contribution in [0.4, 0.5) is 0 Å². The van der Waals surface area contributed by atoms with Gasteiger partial charge in [-0.2, -0.15) is 0 Å². The third-order valence-corrected chi connectivity index (χ3v) is 3.28. The van der Waals surface area contributed by atoms with Crippen molar-refractivity contribution in [3.05, 3.63) is 0 Å². The molecule has 0 aromatic carbocycles. The third-order valence-electron chi connectivity index (χ3n) is 3.28. The molecule has 0 bridgehead atoms. The number of nitrogens with two attached hydrogens (primary N) is 1. The van der Waals surface area contributed by atoms with Crippen molar-refractivity contribution in [3.63, 3.8) is 0 Å². The van der Waals surface area contributed by atoms with E-state index in [0.29, 0.717) is 5.54 Å². The van der Waals surface area contributed by atoms with Crippen LogP contribution in [0.1, 0.15) is 40.5 Å². The number of nitrogens with zero attached hydrogens (tertiary/aromatic N) is 1. The Morgan fingerprint density at radius 1 is 1.43 bits per heavy atom. The van der Waals surface area contributed by atoms with E-state index in [1.54, 1.807) is 0 Å². The zero-order valence-corrected chi connectivity index (χ0v) is 10.2. The summed E-state index contributed by atoms with van der Waals surface area (Å²) in [6.07, 6.45) is 2.51. The molecule has 84 valence electrons. The largest absolute Gasteiger partial charge is 0.330 e. The van der Waals surface area contributed by atoms with Gasteiger partial charge in [0.15, 0.2) is 0 Å². The highest BCUT2D eigenvalue weighted by Gasteiger charge is 2.37. The van der Waals surface area contributed by atoms with Gasteiger partial charge in [0.05, 0.1) is 0 Å². The van der Waals surface area contributed by atoms with Gasteiger partial charge in [0, 0.05) is 18.6 Å². The molecule has 0 spiro atoms. The topological polar surface area (TPSA) is 29.3 Å². The second-order valence-corrected chi connectivity index (χ2v) is 5.76. The Morgan fingerprint density at radius 3 is 2.57 bits per heavy atom. The van der Waals surface area contributed by atoms with Crippen LogP contribution in [0.15, 0.2) is 0 Å². The summed E-state index contributed by atoms with van der Waals surface area (Å²) in [5.41, 5.74) is 6.02. The van der Waals surface area contributed by atoms with Crippen LogP contribution in [0, 0.1) is 11.8 Å². The minimum Gasteiger partial charge on any atom is -0.330 e. The van der Waals surface area contributed by atoms with Gasteiger partial charge in [-0.1, -0.05) is 13.8 Å². The molecule has 1 unspecified atom stereocenters. The molecule has 0 saturated carbocycles. The Kier molecular flexibility index (Phi) is 3.96. The first-order valence-corrected chi connectivity index (χ1v) is 5.91. The molecule has 2 nitrogen and oxygen atoms in total. The summed E-state index contributed by atoms with van der Waals surface area (Å²) in [5, 5.41) is 0. The van der Waals surface area contributed by atoms with Crippen LogP contribution in [-0.2, 0) is 0 Å². The van der Waals surface area contributed by atoms with Crippen molar-refractivity contribution in [2.45, 2.75) is 46.1 Å². The number of rotatable bonds is 4. The standard InChI is InChI=1S/C12H26N2/c1-10(2)8-14-9-11(5-6-13)7-12(14,3)4/h10-11H,5-9,13H2,1-4H3. The van der Waals surface area contributed by atoms with E-state index in [0.717, 1.165) is 18.4 Å². The zero-order chi connectivity index (χ0) is 10.8. The molecule has 1 aliphatic rings. The van der Waals surface area contributed by atoms with Gasteiger partial charge in [0.1, 0.15) is 0 Å². The summed E-state index contributed by atoms with van der Waals surface area (Å²) >= 11 is 0. The average Bonchev–Trinajstić information content (AvgIpc) is 2.26. The van der Waals surface area contributed by atoms with Crippen LogP contribution in [0.3, 0.4) is 0 Å². The van der Waals surface area contributed by atoms with Crippen LogP contribution in [0.5, 0.6) is 0 Å². The summed E-state index contributed by atoms with van der Waals surface area (Å²) in [7, 11) is 0. The smallest absolute Gasteiger partial charge is 0.0156 e. The SMILES string of the molecule is CC(C)CN1CC(CCN)CC1(C)C. The molecule has 2 N–H and O–H groups in total. The lowest BCUT2D eigenvalue weighted by atomic mass is 9.94. The van der Waals surface area contributed by atoms with Crippen molar-refractivity contribution in [3.8, 4) is 0 Å². The first-order chi connectivity index (χ1) is 6.45. The molecule has 2 heteroatoms. The molecule has 1 aliphatic heterocycles. The average molecular weight is 198 g/mol. The summed E-state index contributed by atoms with van der Waals surface area (Å²) in [6.45, 7) is 12.7. The monoisotopic (exact) mass is 198 g/mol. The summed E-state index contributed by atoms with van der Waals surface area (Å²) in [6, 6.07) is 0. The Bertz CT molecular complexity index is 175. The van der Waals surface area contributed by atoms with Gasteiger partial charge < -0.3 is 5.73 Å². The fourth-order valence-electron chi connectivity index (χ4n) is 2.65. The molecular formula is C12H26N2. The third kappa shape index (κ3) is 2.96. The molecule has 0 amide bonds. The van der Waals surface area contributed by atoms with E-state index >= 15 is 0 Å². The molecule has 1 heterocycles. The highest BCUT2D eigenvalue weighted by molar-refractivity contribution is 4.92. The van der Waals surface area contributed by atoms with Gasteiger partial charge in [-0.3, -0.25) is 4.90 Å². The Balaban J connectivity index is 2.50. The van der Waals surface area contributed by atoms with Gasteiger partial charge in [-0.25, -0.2) is 0 Å². The van der Waals surface area contributed by atoms with Crippen molar-refractivity contribution in [1.29, 1.82) is 0 Å². The second-order valence-electron chi connectivity index (χ2n) is 5.76. The van der Waals surface area contributed by atoms with E-state index in [9.17, 15) is 0 Å². The Morgan fingerprint density at radius 2 is 2.07 bits per heavy atom. The zero-order valence-electron chi connectivity index (χ0n) is 10.2. The molecular weight excluding hydrogens is 172 g/mol. The van der Waals surface area contributed by atoms with Crippen molar-refractivity contribution >= 4 is 0 Å². The minimum atomic E-state index is 0.393. The molecule has 0 aromatic heterocycles. The van der Waals surface area contributed by atoms with Gasteiger partial charge in [-0.15, -0.1) is 0 Å². The van der Waals surface area contributed by atoms with Crippen LogP contribution in [0.2, 0.25) is 0 Å². The van der Waals surface area contributed by atoms with Crippen molar-refractivity contribution in [2.75, 3.05) is 19.6 Å². The second kappa shape index (κ2) is 4.63. The molecule has 0 aliphatic carbocycles. The summed E-state index contributed by atoms with van der Waals surface area (Å²) in [5.74, 6) is 1.60. The van der Waals surface area contributed by atoms with Gasteiger partial charge in [0.25, 0.3) is 0 Å². The minimum absolute atomic E-state index is 0.393. The van der Waals surface area contributed by atoms with Crippen LogP contribution in [-0.4, -0.2) is 30.1 Å². The Hall–Kier alpha value is -0.0800. The maximum Gasteiger partial charge on any atom is 0.0156 e. The van der Waals surface area contributed by atoms with Gasteiger partial charge >= 0.3 is 0 Å². The van der Waals surface area contributed by atoms with Crippen molar-refractivity contribution < 1.29 is 0 Å². The predicted octanol–water partition coefficient (Wildman–Crippen LogP) is 2.09. The molecule has 14 heavy (non-hydrogen) atoms. The molecule has 1 saturated heterocycles. The fraction of sp³-hybridized carbons (Fsp3) is 1.00. The van der Waals surface area contributed by atoms with Crippen molar-refractivity contribution in [2.24, 2.45) is 17.6 Å². The van der Waals surface area contributed by atoms with Gasteiger partial charge in [-0.05, 0) is 45.1 Å². The number of hydrogen-bond donors (Lipinski definition) is 1. The fourth-order valence-corrected chi connectivity index (χ4v) is 2.65. The quantitative estimate of drug-likeness (QED) is 0.749. The summed E-state index contributed by atoms with van der Waals surface area (Å²) < 4.78 is 0. The molecule has 1 rings (SSSR count). The lowest BCUT2D eigenvalue weighted by molar-refractivity contribution is 0.155. The Labute approximate surface area is 88.8 Å². The van der Waals surface area contributed by atoms with E-state index in [2.05, 4.69) is 32.6 Å². The molecule has 1 fully saturated rings. The van der Waals surface area contributed by atoms with Gasteiger partial charge in [0.2, 0.25) is 0 Å². The van der Waals surface area contributed by atoms with E-state index in [1.807, 2.05) is 0 Å². The molecule has 1 atom stereocenters. The van der Waals surface area contributed by atoms with Crippen LogP contribution >= 0.6 is 0 Å². The maximum absolute atomic E-state index is 5.63. The summed E-state index contributed by atoms with van der Waals surface area (Å²) in [4.78, 5) is 2.64.